The summed E-state index contributed by atoms with van der Waals surface area (Å²) in [5.41, 5.74) is 1.01. The normalized spacial score (nSPS) is 12.7. The van der Waals surface area contributed by atoms with Crippen LogP contribution in [0.3, 0.4) is 0 Å². The summed E-state index contributed by atoms with van der Waals surface area (Å²) in [5, 5.41) is 0.148. The minimum absolute atomic E-state index is 0.148. The summed E-state index contributed by atoms with van der Waals surface area (Å²) >= 11 is 7.79. The van der Waals surface area contributed by atoms with Gasteiger partial charge in [0.1, 0.15) is 11.5 Å². The minimum atomic E-state index is -2.75. The fraction of sp³-hybridized carbons (Fsp3) is 0.400. The van der Waals surface area contributed by atoms with Gasteiger partial charge in [0.2, 0.25) is 0 Å². The van der Waals surface area contributed by atoms with Crippen LogP contribution in [0.4, 0.5) is 0 Å². The molecule has 0 saturated carbocycles. The number of rotatable bonds is 13. The van der Waals surface area contributed by atoms with Gasteiger partial charge in [-0.2, -0.15) is 0 Å². The van der Waals surface area contributed by atoms with E-state index in [1.54, 1.807) is 11.4 Å². The molecule has 5 heteroatoms. The van der Waals surface area contributed by atoms with E-state index in [2.05, 4.69) is 95.3 Å². The molecule has 0 N–H and O–H groups in total. The van der Waals surface area contributed by atoms with Crippen molar-refractivity contribution < 1.29 is 9.05 Å². The lowest BCUT2D eigenvalue weighted by atomic mass is 10.0. The van der Waals surface area contributed by atoms with Gasteiger partial charge in [-0.25, -0.2) is 0 Å². The first kappa shape index (κ1) is 27.8. The minimum Gasteiger partial charge on any atom is -0.428 e. The molecule has 3 aromatic rings. The van der Waals surface area contributed by atoms with Gasteiger partial charge in [-0.3, -0.25) is 0 Å². The van der Waals surface area contributed by atoms with Crippen molar-refractivity contribution in [3.8, 4) is 11.5 Å². The highest BCUT2D eigenvalue weighted by molar-refractivity contribution is 8.68. The van der Waals surface area contributed by atoms with Crippen molar-refractivity contribution >= 4 is 28.9 Å². The van der Waals surface area contributed by atoms with Crippen LogP contribution in [0.1, 0.15) is 69.4 Å². The zero-order chi connectivity index (χ0) is 25.3. The van der Waals surface area contributed by atoms with Crippen molar-refractivity contribution in [1.82, 2.24) is 0 Å². The van der Waals surface area contributed by atoms with Gasteiger partial charge in [-0.15, -0.1) is 0 Å². The summed E-state index contributed by atoms with van der Waals surface area (Å²) < 4.78 is 13.1. The molecule has 3 aromatic carbocycles. The second-order valence-corrected chi connectivity index (χ2v) is 16.3. The van der Waals surface area contributed by atoms with E-state index in [-0.39, 0.29) is 5.25 Å². The Bertz CT molecular complexity index is 1040. The lowest BCUT2D eigenvalue weighted by Crippen LogP contribution is -2.01. The van der Waals surface area contributed by atoms with Crippen molar-refractivity contribution in [3.63, 3.8) is 0 Å². The molecule has 0 bridgehead atoms. The van der Waals surface area contributed by atoms with Crippen LogP contribution in [0.5, 0.6) is 11.5 Å². The fourth-order valence-corrected chi connectivity index (χ4v) is 9.24. The van der Waals surface area contributed by atoms with Gasteiger partial charge in [0, 0.05) is 5.25 Å². The van der Waals surface area contributed by atoms with E-state index in [4.69, 9.17) is 20.9 Å². The molecule has 3 rings (SSSR count). The average Bonchev–Trinajstić information content (AvgIpc) is 2.82. The second-order valence-electron chi connectivity index (χ2n) is 9.95. The Morgan fingerprint density at radius 3 is 1.63 bits per heavy atom. The Hall–Kier alpha value is -1.74. The molecule has 0 aliphatic rings. The molecule has 0 saturated heterocycles. The number of benzene rings is 3. The summed E-state index contributed by atoms with van der Waals surface area (Å²) in [7, 11) is 0. The Morgan fingerprint density at radius 2 is 1.17 bits per heavy atom. The quantitative estimate of drug-likeness (QED) is 0.206. The topological polar surface area (TPSA) is 18.5 Å². The zero-order valence-electron chi connectivity index (χ0n) is 21.6. The van der Waals surface area contributed by atoms with Gasteiger partial charge in [0.15, 0.2) is 0 Å². The van der Waals surface area contributed by atoms with Gasteiger partial charge in [-0.1, -0.05) is 82.3 Å². The van der Waals surface area contributed by atoms with Gasteiger partial charge in [0.05, 0.1) is 0 Å². The molecule has 1 atom stereocenters. The maximum Gasteiger partial charge on any atom is 0.349 e. The maximum atomic E-state index is 6.55. The third-order valence-electron chi connectivity index (χ3n) is 5.81. The fourth-order valence-electron chi connectivity index (χ4n) is 3.72. The van der Waals surface area contributed by atoms with Gasteiger partial charge >= 0.3 is 5.69 Å². The van der Waals surface area contributed by atoms with Crippen LogP contribution < -0.4 is 9.05 Å². The van der Waals surface area contributed by atoms with Crippen LogP contribution in [0.2, 0.25) is 0 Å². The molecular formula is C30H39O2PS2. The first-order chi connectivity index (χ1) is 16.7. The van der Waals surface area contributed by atoms with Crippen LogP contribution in [-0.2, 0) is 24.6 Å². The van der Waals surface area contributed by atoms with Crippen molar-refractivity contribution in [3.05, 3.63) is 95.6 Å². The van der Waals surface area contributed by atoms with Crippen LogP contribution >= 0.6 is 17.1 Å². The Kier molecular flexibility index (Phi) is 10.8. The molecule has 1 unspecified atom stereocenters. The second kappa shape index (κ2) is 13.5. The molecule has 2 nitrogen and oxygen atoms in total. The third kappa shape index (κ3) is 9.67. The van der Waals surface area contributed by atoms with E-state index < -0.39 is 5.69 Å². The van der Waals surface area contributed by atoms with Gasteiger partial charge in [-0.05, 0) is 109 Å². The van der Waals surface area contributed by atoms with Crippen LogP contribution in [0.25, 0.3) is 0 Å². The Labute approximate surface area is 221 Å². The summed E-state index contributed by atoms with van der Waals surface area (Å²) in [4.78, 5) is 0. The SMILES string of the molecule is CC(C)CCc1cccc(OP(=S)(Oc2cccc(CCC(C)C)c2)SC(C)c2ccccc2)c1. The first-order valence-electron chi connectivity index (χ1n) is 12.6. The molecule has 188 valence electrons. The molecule has 0 radical (unpaired) electrons. The highest BCUT2D eigenvalue weighted by Gasteiger charge is 2.28. The molecule has 0 amide bonds. The molecule has 0 heterocycles. The molecule has 35 heavy (non-hydrogen) atoms. The summed E-state index contributed by atoms with van der Waals surface area (Å²) in [6.07, 6.45) is 4.36. The van der Waals surface area contributed by atoms with E-state index in [0.717, 1.165) is 37.2 Å². The van der Waals surface area contributed by atoms with E-state index in [1.807, 2.05) is 18.2 Å². The molecule has 0 aliphatic heterocycles. The predicted octanol–water partition coefficient (Wildman–Crippen LogP) is 10.0. The van der Waals surface area contributed by atoms with Gasteiger partial charge < -0.3 is 9.05 Å². The molecule has 0 aliphatic carbocycles. The molecule has 0 spiro atoms. The predicted molar refractivity (Wildman–Crippen MR) is 157 cm³/mol. The summed E-state index contributed by atoms with van der Waals surface area (Å²) in [5.74, 6) is 2.91. The van der Waals surface area contributed by atoms with E-state index in [1.165, 1.54) is 16.7 Å². The molecular weight excluding hydrogens is 487 g/mol. The number of hydrogen-bond donors (Lipinski definition) is 0. The molecule has 0 fully saturated rings. The summed E-state index contributed by atoms with van der Waals surface area (Å²) in [6.45, 7) is 11.2. The number of hydrogen-bond acceptors (Lipinski definition) is 4. The van der Waals surface area contributed by atoms with Crippen molar-refractivity contribution in [2.75, 3.05) is 0 Å². The Morgan fingerprint density at radius 1 is 0.686 bits per heavy atom. The van der Waals surface area contributed by atoms with E-state index in [9.17, 15) is 0 Å². The summed E-state index contributed by atoms with van der Waals surface area (Å²) in [6, 6.07) is 27.1. The lowest BCUT2D eigenvalue weighted by molar-refractivity contribution is 0.504. The van der Waals surface area contributed by atoms with Crippen LogP contribution in [-0.4, -0.2) is 0 Å². The van der Waals surface area contributed by atoms with Crippen molar-refractivity contribution in [2.45, 2.75) is 65.6 Å². The van der Waals surface area contributed by atoms with Crippen molar-refractivity contribution in [1.29, 1.82) is 0 Å². The van der Waals surface area contributed by atoms with E-state index >= 15 is 0 Å². The lowest BCUT2D eigenvalue weighted by Gasteiger charge is -2.26. The average molecular weight is 527 g/mol. The van der Waals surface area contributed by atoms with Crippen LogP contribution in [0.15, 0.2) is 78.9 Å². The largest absolute Gasteiger partial charge is 0.428 e. The van der Waals surface area contributed by atoms with Crippen LogP contribution in [0, 0.1) is 11.8 Å². The standard InChI is InChI=1S/C30H39O2PS2/c1-23(2)17-19-26-11-9-15-29(21-26)31-33(34,35-25(5)28-13-7-6-8-14-28)32-30-16-10-12-27(22-30)20-18-24(3)4/h6-16,21-25H,17-20H2,1-5H3. The smallest absolute Gasteiger partial charge is 0.349 e. The Balaban J connectivity index is 1.84. The van der Waals surface area contributed by atoms with E-state index in [0.29, 0.717) is 11.8 Å². The zero-order valence-corrected chi connectivity index (χ0v) is 24.2. The highest BCUT2D eigenvalue weighted by Crippen LogP contribution is 2.64. The number of aryl methyl sites for hydroxylation is 2. The third-order valence-corrected chi connectivity index (χ3v) is 10.9. The van der Waals surface area contributed by atoms with Crippen molar-refractivity contribution in [2.24, 2.45) is 11.8 Å². The maximum absolute atomic E-state index is 6.55. The highest BCUT2D eigenvalue weighted by atomic mass is 32.9. The molecule has 0 aromatic heterocycles. The van der Waals surface area contributed by atoms with Gasteiger partial charge in [0.25, 0.3) is 0 Å². The first-order valence-corrected chi connectivity index (χ1v) is 16.7. The monoisotopic (exact) mass is 526 g/mol.